The molecule has 2 aromatic carbocycles. The predicted molar refractivity (Wildman–Crippen MR) is 79.9 cm³/mol. The van der Waals surface area contributed by atoms with E-state index in [2.05, 4.69) is 10.2 Å². The van der Waals surface area contributed by atoms with Crippen LogP contribution in [0.3, 0.4) is 0 Å². The van der Waals surface area contributed by atoms with Gasteiger partial charge in [0.1, 0.15) is 0 Å². The second kappa shape index (κ2) is 5.33. The van der Waals surface area contributed by atoms with Crippen LogP contribution >= 0.6 is 0 Å². The number of nitrogens with zero attached hydrogens (tertiary/aromatic N) is 1. The Balaban J connectivity index is 1.84. The molecule has 0 bridgehead atoms. The SMILES string of the molecule is Oc1ccc(Cc2cc(-c3ccc(O)c(O)c3)n[nH]2)cc1O. The first-order chi connectivity index (χ1) is 10.5. The average molecular weight is 298 g/mol. The lowest BCUT2D eigenvalue weighted by Gasteiger charge is -2.01. The second-order valence-corrected chi connectivity index (χ2v) is 4.98. The van der Waals surface area contributed by atoms with E-state index in [4.69, 9.17) is 0 Å². The molecule has 0 atom stereocenters. The molecule has 0 saturated heterocycles. The standard InChI is InChI=1S/C16H14N2O4/c19-13-3-1-9(6-15(13)21)5-11-8-12(18-17-11)10-2-4-14(20)16(22)7-10/h1-4,6-8,19-22H,5H2,(H,17,18). The molecule has 3 rings (SSSR count). The summed E-state index contributed by atoms with van der Waals surface area (Å²) in [5.41, 5.74) is 2.94. The quantitative estimate of drug-likeness (QED) is 0.477. The molecular weight excluding hydrogens is 284 g/mol. The van der Waals surface area contributed by atoms with Gasteiger partial charge < -0.3 is 20.4 Å². The normalized spacial score (nSPS) is 10.7. The fourth-order valence-electron chi connectivity index (χ4n) is 2.18. The van der Waals surface area contributed by atoms with Crippen molar-refractivity contribution in [3.63, 3.8) is 0 Å². The van der Waals surface area contributed by atoms with Gasteiger partial charge in [-0.3, -0.25) is 5.10 Å². The Hall–Kier alpha value is -3.15. The number of aromatic hydroxyl groups is 4. The molecule has 6 heteroatoms. The van der Waals surface area contributed by atoms with Crippen molar-refractivity contribution in [1.82, 2.24) is 10.2 Å². The van der Waals surface area contributed by atoms with Crippen LogP contribution in [0.2, 0.25) is 0 Å². The molecule has 0 saturated carbocycles. The Morgan fingerprint density at radius 3 is 2.14 bits per heavy atom. The van der Waals surface area contributed by atoms with E-state index < -0.39 is 0 Å². The number of aromatic nitrogens is 2. The molecule has 3 aromatic rings. The minimum atomic E-state index is -0.203. The van der Waals surface area contributed by atoms with Crippen LogP contribution in [0.25, 0.3) is 11.3 Å². The van der Waals surface area contributed by atoms with Crippen molar-refractivity contribution in [2.45, 2.75) is 6.42 Å². The van der Waals surface area contributed by atoms with Crippen LogP contribution in [0.1, 0.15) is 11.3 Å². The molecule has 0 unspecified atom stereocenters. The Morgan fingerprint density at radius 1 is 0.773 bits per heavy atom. The highest BCUT2D eigenvalue weighted by atomic mass is 16.3. The molecule has 22 heavy (non-hydrogen) atoms. The van der Waals surface area contributed by atoms with Crippen molar-refractivity contribution >= 4 is 0 Å². The molecule has 6 nitrogen and oxygen atoms in total. The summed E-state index contributed by atoms with van der Waals surface area (Å²) in [6, 6.07) is 10.9. The summed E-state index contributed by atoms with van der Waals surface area (Å²) in [7, 11) is 0. The molecule has 0 aliphatic heterocycles. The smallest absolute Gasteiger partial charge is 0.158 e. The molecule has 1 aromatic heterocycles. The number of H-pyrrole nitrogens is 1. The summed E-state index contributed by atoms with van der Waals surface area (Å²) in [5, 5.41) is 44.7. The Morgan fingerprint density at radius 2 is 1.45 bits per heavy atom. The molecule has 0 aliphatic carbocycles. The number of phenolic OH excluding ortho intramolecular Hbond substituents is 4. The maximum absolute atomic E-state index is 9.52. The second-order valence-electron chi connectivity index (χ2n) is 4.98. The predicted octanol–water partition coefficient (Wildman–Crippen LogP) is 2.49. The Kier molecular flexibility index (Phi) is 3.34. The van der Waals surface area contributed by atoms with Gasteiger partial charge >= 0.3 is 0 Å². The van der Waals surface area contributed by atoms with Crippen LogP contribution in [0.5, 0.6) is 23.0 Å². The fraction of sp³-hybridized carbons (Fsp3) is 0.0625. The molecule has 5 N–H and O–H groups in total. The third-order valence-electron chi connectivity index (χ3n) is 3.34. The van der Waals surface area contributed by atoms with Crippen molar-refractivity contribution in [2.24, 2.45) is 0 Å². The van der Waals surface area contributed by atoms with E-state index in [0.717, 1.165) is 11.3 Å². The summed E-state index contributed by atoms with van der Waals surface area (Å²) >= 11 is 0. The van der Waals surface area contributed by atoms with Crippen LogP contribution in [0.4, 0.5) is 0 Å². The Bertz CT molecular complexity index is 827. The lowest BCUT2D eigenvalue weighted by atomic mass is 10.1. The number of rotatable bonds is 3. The van der Waals surface area contributed by atoms with E-state index in [1.807, 2.05) is 6.07 Å². The van der Waals surface area contributed by atoms with Gasteiger partial charge in [0.2, 0.25) is 0 Å². The van der Waals surface area contributed by atoms with Gasteiger partial charge in [0.15, 0.2) is 23.0 Å². The number of hydrogen-bond acceptors (Lipinski definition) is 5. The van der Waals surface area contributed by atoms with Crippen LogP contribution in [0, 0.1) is 0 Å². The van der Waals surface area contributed by atoms with Crippen LogP contribution < -0.4 is 0 Å². The first-order valence-electron chi connectivity index (χ1n) is 6.60. The first-order valence-corrected chi connectivity index (χ1v) is 6.60. The number of hydrogen-bond donors (Lipinski definition) is 5. The van der Waals surface area contributed by atoms with Gasteiger partial charge in [0, 0.05) is 17.7 Å². The number of nitrogens with one attached hydrogen (secondary N) is 1. The molecule has 1 heterocycles. The number of phenols is 4. The van der Waals surface area contributed by atoms with Gasteiger partial charge in [0.25, 0.3) is 0 Å². The minimum Gasteiger partial charge on any atom is -0.504 e. The zero-order chi connectivity index (χ0) is 15.7. The van der Waals surface area contributed by atoms with Gasteiger partial charge in [-0.15, -0.1) is 0 Å². The van der Waals surface area contributed by atoms with Gasteiger partial charge in [-0.2, -0.15) is 5.10 Å². The van der Waals surface area contributed by atoms with Gasteiger partial charge in [-0.1, -0.05) is 6.07 Å². The van der Waals surface area contributed by atoms with Gasteiger partial charge in [0.05, 0.1) is 5.69 Å². The van der Waals surface area contributed by atoms with E-state index in [1.165, 1.54) is 24.3 Å². The molecule has 0 amide bonds. The van der Waals surface area contributed by atoms with Gasteiger partial charge in [-0.05, 0) is 42.0 Å². The first kappa shape index (κ1) is 13.8. The highest BCUT2D eigenvalue weighted by molar-refractivity contribution is 5.63. The van der Waals surface area contributed by atoms with E-state index in [-0.39, 0.29) is 23.0 Å². The highest BCUT2D eigenvalue weighted by Crippen LogP contribution is 2.30. The molecule has 112 valence electrons. The third-order valence-corrected chi connectivity index (χ3v) is 3.34. The maximum atomic E-state index is 9.52. The highest BCUT2D eigenvalue weighted by Gasteiger charge is 2.08. The van der Waals surface area contributed by atoms with Crippen molar-refractivity contribution in [2.75, 3.05) is 0 Å². The van der Waals surface area contributed by atoms with Crippen molar-refractivity contribution in [3.8, 4) is 34.3 Å². The molecular formula is C16H14N2O4. The summed E-state index contributed by atoms with van der Waals surface area (Å²) in [5.74, 6) is -0.709. The largest absolute Gasteiger partial charge is 0.504 e. The zero-order valence-corrected chi connectivity index (χ0v) is 11.5. The number of benzene rings is 2. The average Bonchev–Trinajstić information content (AvgIpc) is 2.94. The van der Waals surface area contributed by atoms with E-state index >= 15 is 0 Å². The molecule has 0 radical (unpaired) electrons. The molecule has 0 fully saturated rings. The van der Waals surface area contributed by atoms with Crippen molar-refractivity contribution in [3.05, 3.63) is 53.7 Å². The maximum Gasteiger partial charge on any atom is 0.158 e. The summed E-state index contributed by atoms with van der Waals surface area (Å²) in [4.78, 5) is 0. The zero-order valence-electron chi connectivity index (χ0n) is 11.5. The summed E-state index contributed by atoms with van der Waals surface area (Å²) < 4.78 is 0. The number of aromatic amines is 1. The molecule has 0 aliphatic rings. The van der Waals surface area contributed by atoms with E-state index in [1.54, 1.807) is 12.1 Å². The van der Waals surface area contributed by atoms with E-state index in [9.17, 15) is 20.4 Å². The minimum absolute atomic E-state index is 0.159. The monoisotopic (exact) mass is 298 g/mol. The van der Waals surface area contributed by atoms with Gasteiger partial charge in [-0.25, -0.2) is 0 Å². The summed E-state index contributed by atoms with van der Waals surface area (Å²) in [6.07, 6.45) is 0.505. The Labute approximate surface area is 125 Å². The third kappa shape index (κ3) is 2.67. The molecule has 0 spiro atoms. The van der Waals surface area contributed by atoms with Crippen molar-refractivity contribution < 1.29 is 20.4 Å². The van der Waals surface area contributed by atoms with Crippen molar-refractivity contribution in [1.29, 1.82) is 0 Å². The lowest BCUT2D eigenvalue weighted by Crippen LogP contribution is -1.88. The topological polar surface area (TPSA) is 110 Å². The fourth-order valence-corrected chi connectivity index (χ4v) is 2.18. The van der Waals surface area contributed by atoms with Crippen LogP contribution in [0.15, 0.2) is 42.5 Å². The van der Waals surface area contributed by atoms with E-state index in [0.29, 0.717) is 17.7 Å². The van der Waals surface area contributed by atoms with Crippen LogP contribution in [-0.2, 0) is 6.42 Å². The summed E-state index contributed by atoms with van der Waals surface area (Å²) in [6.45, 7) is 0. The van der Waals surface area contributed by atoms with Crippen LogP contribution in [-0.4, -0.2) is 30.6 Å². The lowest BCUT2D eigenvalue weighted by molar-refractivity contribution is 0.403.